The van der Waals surface area contributed by atoms with Crippen LogP contribution in [0, 0.1) is 0 Å². The van der Waals surface area contributed by atoms with Crippen LogP contribution < -0.4 is 4.74 Å². The van der Waals surface area contributed by atoms with Crippen LogP contribution >= 0.6 is 0 Å². The van der Waals surface area contributed by atoms with E-state index in [0.29, 0.717) is 25.3 Å². The van der Waals surface area contributed by atoms with Crippen LogP contribution in [-0.4, -0.2) is 47.6 Å². The quantitative estimate of drug-likeness (QED) is 0.481. The highest BCUT2D eigenvalue weighted by Crippen LogP contribution is 2.27. The summed E-state index contributed by atoms with van der Waals surface area (Å²) in [6.07, 6.45) is 1.43. The molecule has 1 amide bonds. The van der Waals surface area contributed by atoms with Crippen molar-refractivity contribution in [1.29, 1.82) is 0 Å². The lowest BCUT2D eigenvalue weighted by Gasteiger charge is -2.33. The van der Waals surface area contributed by atoms with Crippen LogP contribution in [0.25, 0.3) is 22.2 Å². The van der Waals surface area contributed by atoms with Gasteiger partial charge in [0.05, 0.1) is 42.7 Å². The van der Waals surface area contributed by atoms with Crippen LogP contribution in [-0.2, 0) is 4.74 Å². The molecule has 0 bridgehead atoms. The summed E-state index contributed by atoms with van der Waals surface area (Å²) < 4.78 is 11.2. The van der Waals surface area contributed by atoms with Gasteiger partial charge in [0.2, 0.25) is 0 Å². The number of morpholine rings is 1. The molecule has 5 rings (SSSR count). The second-order valence-electron chi connectivity index (χ2n) is 7.67. The minimum atomic E-state index is -0.283. The lowest BCUT2D eigenvalue weighted by molar-refractivity contribution is -0.0246. The van der Waals surface area contributed by atoms with Gasteiger partial charge >= 0.3 is 0 Å². The second kappa shape index (κ2) is 8.77. The smallest absolute Gasteiger partial charge is 0.256 e. The molecule has 3 heterocycles. The zero-order valence-electron chi connectivity index (χ0n) is 17.8. The molecule has 1 aliphatic heterocycles. The number of amides is 1. The highest BCUT2D eigenvalue weighted by molar-refractivity contribution is 6.05. The van der Waals surface area contributed by atoms with Crippen LogP contribution in [0.5, 0.6) is 5.75 Å². The van der Waals surface area contributed by atoms with Gasteiger partial charge in [-0.25, -0.2) is 4.98 Å². The van der Waals surface area contributed by atoms with Gasteiger partial charge in [0, 0.05) is 23.7 Å². The predicted octanol–water partition coefficient (Wildman–Crippen LogP) is 4.52. The van der Waals surface area contributed by atoms with Crippen molar-refractivity contribution in [1.82, 2.24) is 14.9 Å². The summed E-state index contributed by atoms with van der Waals surface area (Å²) in [5.41, 5.74) is 4.01. The molecule has 0 aliphatic carbocycles. The third-order valence-corrected chi connectivity index (χ3v) is 5.70. The fourth-order valence-corrected chi connectivity index (χ4v) is 4.01. The SMILES string of the molecule is COc1ccc(-c2cccc([C@@H]3CN(C(=O)c4cccc5cccnc45)CCO3)n2)cc1. The van der Waals surface area contributed by atoms with E-state index in [2.05, 4.69) is 4.98 Å². The van der Waals surface area contributed by atoms with E-state index in [1.807, 2.05) is 77.7 Å². The van der Waals surface area contributed by atoms with E-state index in [9.17, 15) is 4.79 Å². The van der Waals surface area contributed by atoms with Gasteiger partial charge in [-0.05, 0) is 48.5 Å². The second-order valence-corrected chi connectivity index (χ2v) is 7.67. The lowest BCUT2D eigenvalue weighted by Crippen LogP contribution is -2.42. The summed E-state index contributed by atoms with van der Waals surface area (Å²) in [5, 5.41) is 0.956. The number of hydrogen-bond donors (Lipinski definition) is 0. The van der Waals surface area contributed by atoms with Crippen molar-refractivity contribution in [3.63, 3.8) is 0 Å². The maximum Gasteiger partial charge on any atom is 0.256 e. The standard InChI is InChI=1S/C26H23N3O3/c1-31-20-12-10-18(11-13-20)22-8-3-9-23(28-22)24-17-29(15-16-32-24)26(30)21-7-2-5-19-6-4-14-27-25(19)21/h2-14,24H,15-17H2,1H3/t24-/m0/s1. The minimum Gasteiger partial charge on any atom is -0.497 e. The molecule has 1 fully saturated rings. The molecule has 6 heteroatoms. The molecule has 160 valence electrons. The summed E-state index contributed by atoms with van der Waals surface area (Å²) in [6.45, 7) is 1.45. The molecule has 32 heavy (non-hydrogen) atoms. The molecule has 1 atom stereocenters. The molecule has 0 unspecified atom stereocenters. The number of rotatable bonds is 4. The van der Waals surface area contributed by atoms with Crippen molar-refractivity contribution < 1.29 is 14.3 Å². The first kappa shape index (κ1) is 20.2. The lowest BCUT2D eigenvalue weighted by atomic mass is 10.1. The topological polar surface area (TPSA) is 64.5 Å². The molecule has 6 nitrogen and oxygen atoms in total. The normalized spacial score (nSPS) is 16.2. The zero-order valence-corrected chi connectivity index (χ0v) is 17.8. The highest BCUT2D eigenvalue weighted by Gasteiger charge is 2.28. The number of nitrogens with zero attached hydrogens (tertiary/aromatic N) is 3. The molecule has 0 N–H and O–H groups in total. The maximum absolute atomic E-state index is 13.3. The Labute approximate surface area is 186 Å². The van der Waals surface area contributed by atoms with Crippen molar-refractivity contribution in [2.45, 2.75) is 6.10 Å². The van der Waals surface area contributed by atoms with Gasteiger partial charge in [0.1, 0.15) is 11.9 Å². The van der Waals surface area contributed by atoms with E-state index in [1.165, 1.54) is 0 Å². The maximum atomic E-state index is 13.3. The van der Waals surface area contributed by atoms with Gasteiger partial charge in [0.15, 0.2) is 0 Å². The van der Waals surface area contributed by atoms with Gasteiger partial charge in [-0.1, -0.05) is 24.3 Å². The fraction of sp³-hybridized carbons (Fsp3) is 0.192. The Morgan fingerprint density at radius 2 is 1.84 bits per heavy atom. The Morgan fingerprint density at radius 3 is 2.69 bits per heavy atom. The number of carbonyl (C=O) groups excluding carboxylic acids is 1. The molecule has 0 radical (unpaired) electrons. The molecule has 0 saturated carbocycles. The molecule has 1 saturated heterocycles. The minimum absolute atomic E-state index is 0.0334. The zero-order chi connectivity index (χ0) is 21.9. The molecular formula is C26H23N3O3. The fourth-order valence-electron chi connectivity index (χ4n) is 4.01. The van der Waals surface area contributed by atoms with Crippen LogP contribution in [0.2, 0.25) is 0 Å². The summed E-state index contributed by atoms with van der Waals surface area (Å²) >= 11 is 0. The first-order valence-electron chi connectivity index (χ1n) is 10.6. The molecule has 1 aliphatic rings. The number of aromatic nitrogens is 2. The van der Waals surface area contributed by atoms with E-state index in [-0.39, 0.29) is 12.0 Å². The van der Waals surface area contributed by atoms with E-state index in [4.69, 9.17) is 14.5 Å². The first-order valence-corrected chi connectivity index (χ1v) is 10.6. The first-order chi connectivity index (χ1) is 15.7. The number of hydrogen-bond acceptors (Lipinski definition) is 5. The number of benzene rings is 2. The third-order valence-electron chi connectivity index (χ3n) is 5.70. The largest absolute Gasteiger partial charge is 0.497 e. The van der Waals surface area contributed by atoms with Crippen molar-refractivity contribution in [2.75, 3.05) is 26.8 Å². The van der Waals surface area contributed by atoms with Gasteiger partial charge in [-0.2, -0.15) is 0 Å². The van der Waals surface area contributed by atoms with E-state index < -0.39 is 0 Å². The van der Waals surface area contributed by atoms with Crippen LogP contribution in [0.1, 0.15) is 22.2 Å². The van der Waals surface area contributed by atoms with E-state index in [0.717, 1.165) is 33.6 Å². The van der Waals surface area contributed by atoms with Crippen LogP contribution in [0.3, 0.4) is 0 Å². The number of fused-ring (bicyclic) bond motifs is 1. The highest BCUT2D eigenvalue weighted by atomic mass is 16.5. The molecule has 2 aromatic heterocycles. The van der Waals surface area contributed by atoms with E-state index >= 15 is 0 Å². The monoisotopic (exact) mass is 425 g/mol. The summed E-state index contributed by atoms with van der Waals surface area (Å²) in [6, 6.07) is 23.2. The molecular weight excluding hydrogens is 402 g/mol. The number of para-hydroxylation sites is 1. The summed E-state index contributed by atoms with van der Waals surface area (Å²) in [7, 11) is 1.65. The van der Waals surface area contributed by atoms with Crippen molar-refractivity contribution >= 4 is 16.8 Å². The van der Waals surface area contributed by atoms with Crippen LogP contribution in [0.15, 0.2) is 79.0 Å². The van der Waals surface area contributed by atoms with Gasteiger partial charge in [0.25, 0.3) is 5.91 Å². The van der Waals surface area contributed by atoms with Crippen molar-refractivity contribution in [2.24, 2.45) is 0 Å². The average Bonchev–Trinajstić information content (AvgIpc) is 2.88. The van der Waals surface area contributed by atoms with E-state index in [1.54, 1.807) is 13.3 Å². The number of carbonyl (C=O) groups is 1. The van der Waals surface area contributed by atoms with Gasteiger partial charge in [-0.15, -0.1) is 0 Å². The Bertz CT molecular complexity index is 1250. The third kappa shape index (κ3) is 3.92. The van der Waals surface area contributed by atoms with Gasteiger partial charge < -0.3 is 14.4 Å². The van der Waals surface area contributed by atoms with Gasteiger partial charge in [-0.3, -0.25) is 9.78 Å². The molecule has 0 spiro atoms. The number of methoxy groups -OCH3 is 1. The Morgan fingerprint density at radius 1 is 1.03 bits per heavy atom. The Balaban J connectivity index is 1.38. The average molecular weight is 425 g/mol. The Hall–Kier alpha value is -3.77. The number of ether oxygens (including phenoxy) is 2. The van der Waals surface area contributed by atoms with Crippen LogP contribution in [0.4, 0.5) is 0 Å². The molecule has 2 aromatic carbocycles. The summed E-state index contributed by atoms with van der Waals surface area (Å²) in [5.74, 6) is 0.770. The number of pyridine rings is 2. The summed E-state index contributed by atoms with van der Waals surface area (Å²) in [4.78, 5) is 24.4. The molecule has 4 aromatic rings. The van der Waals surface area contributed by atoms with Crippen molar-refractivity contribution in [3.8, 4) is 17.0 Å². The Kier molecular flexibility index (Phi) is 5.52. The predicted molar refractivity (Wildman–Crippen MR) is 123 cm³/mol. The van der Waals surface area contributed by atoms with Crippen molar-refractivity contribution in [3.05, 3.63) is 90.3 Å².